The molecule has 0 aliphatic carbocycles. The zero-order valence-electron chi connectivity index (χ0n) is 22.0. The van der Waals surface area contributed by atoms with Gasteiger partial charge in [-0.2, -0.15) is 10.2 Å². The Morgan fingerprint density at radius 3 is 2.46 bits per heavy atom. The van der Waals surface area contributed by atoms with Gasteiger partial charge in [-0.15, -0.1) is 0 Å². The highest BCUT2D eigenvalue weighted by atomic mass is 19.1. The molecule has 0 N–H and O–H groups in total. The molecule has 3 aliphatic heterocycles. The smallest absolute Gasteiger partial charge is 0.341 e. The van der Waals surface area contributed by atoms with Crippen LogP contribution in [0.25, 0.3) is 11.4 Å². The molecule has 6 rings (SSSR count). The van der Waals surface area contributed by atoms with Crippen molar-refractivity contribution in [3.05, 3.63) is 65.2 Å². The summed E-state index contributed by atoms with van der Waals surface area (Å²) in [5.41, 5.74) is 1.36. The average molecular weight is 570 g/mol. The number of ether oxygens (including phenoxy) is 2. The zero-order valence-corrected chi connectivity index (χ0v) is 22.0. The fourth-order valence-corrected chi connectivity index (χ4v) is 5.11. The summed E-state index contributed by atoms with van der Waals surface area (Å²) in [6.07, 6.45) is 3.80. The van der Waals surface area contributed by atoms with Gasteiger partial charge in [-0.1, -0.05) is 0 Å². The molecular weight excluding hydrogens is 543 g/mol. The molecule has 0 spiro atoms. The molecule has 1 atom stereocenters. The molecule has 0 unspecified atom stereocenters. The maximum absolute atomic E-state index is 14.7. The first kappa shape index (κ1) is 26.7. The lowest BCUT2D eigenvalue weighted by Gasteiger charge is -2.41. The standard InChI is InChI=1S/C27H26F3N7O4/c1-34-25(20(12-33-34)26(38)35-4-6-40-7-5-35)22-11-24(21(30)13-31-22)41-19-14-36(15-19)27(39)37-23(2-3-32-37)16-8-17(28)10-18(29)9-16/h3,8-13,19,23H,2,4-7,14-15H2,1H3/t23-/m0/s1. The van der Waals surface area contributed by atoms with Crippen LogP contribution in [0.3, 0.4) is 0 Å². The third-order valence-corrected chi connectivity index (χ3v) is 7.24. The lowest BCUT2D eigenvalue weighted by Crippen LogP contribution is -2.58. The van der Waals surface area contributed by atoms with Crippen molar-refractivity contribution in [2.75, 3.05) is 39.4 Å². The van der Waals surface area contributed by atoms with Crippen molar-refractivity contribution in [2.45, 2.75) is 18.6 Å². The van der Waals surface area contributed by atoms with Gasteiger partial charge in [-0.05, 0) is 17.7 Å². The second-order valence-corrected chi connectivity index (χ2v) is 9.96. The fraction of sp³-hybridized carbons (Fsp3) is 0.370. The van der Waals surface area contributed by atoms with Crippen molar-refractivity contribution in [3.8, 4) is 17.1 Å². The van der Waals surface area contributed by atoms with Crippen LogP contribution in [0.4, 0.5) is 18.0 Å². The van der Waals surface area contributed by atoms with Crippen molar-refractivity contribution >= 4 is 18.2 Å². The molecule has 2 aromatic heterocycles. The molecule has 3 aromatic rings. The molecule has 1 aromatic carbocycles. The molecule has 11 nitrogen and oxygen atoms in total. The van der Waals surface area contributed by atoms with E-state index >= 15 is 0 Å². The Bertz CT molecular complexity index is 1500. The van der Waals surface area contributed by atoms with Crippen LogP contribution in [0.1, 0.15) is 28.4 Å². The van der Waals surface area contributed by atoms with Crippen LogP contribution in [-0.2, 0) is 11.8 Å². The van der Waals surface area contributed by atoms with E-state index in [9.17, 15) is 22.8 Å². The largest absolute Gasteiger partial charge is 0.483 e. The summed E-state index contributed by atoms with van der Waals surface area (Å²) in [6, 6.07) is 3.44. The number of nitrogens with zero attached hydrogens (tertiary/aromatic N) is 7. The number of rotatable bonds is 5. The van der Waals surface area contributed by atoms with E-state index in [2.05, 4.69) is 15.2 Å². The Labute approximate surface area is 232 Å². The monoisotopic (exact) mass is 569 g/mol. The van der Waals surface area contributed by atoms with E-state index < -0.39 is 35.6 Å². The van der Waals surface area contributed by atoms with E-state index in [4.69, 9.17) is 9.47 Å². The third-order valence-electron chi connectivity index (χ3n) is 7.24. The van der Waals surface area contributed by atoms with Crippen LogP contribution >= 0.6 is 0 Å². The number of aromatic nitrogens is 3. The number of likely N-dealkylation sites (tertiary alicyclic amines) is 1. The van der Waals surface area contributed by atoms with Crippen molar-refractivity contribution in [1.82, 2.24) is 29.6 Å². The average Bonchev–Trinajstić information content (AvgIpc) is 3.58. The van der Waals surface area contributed by atoms with E-state index in [1.807, 2.05) is 0 Å². The van der Waals surface area contributed by atoms with Crippen LogP contribution in [0.2, 0.25) is 0 Å². The fourth-order valence-electron chi connectivity index (χ4n) is 5.11. The van der Waals surface area contributed by atoms with E-state index in [0.717, 1.165) is 12.3 Å². The lowest BCUT2D eigenvalue weighted by molar-refractivity contribution is 0.0256. The molecule has 3 amide bonds. The number of hydrogen-bond donors (Lipinski definition) is 0. The van der Waals surface area contributed by atoms with E-state index in [1.54, 1.807) is 11.9 Å². The summed E-state index contributed by atoms with van der Waals surface area (Å²) >= 11 is 0. The number of carbonyl (C=O) groups excluding carboxylic acids is 2. The Balaban J connectivity index is 1.13. The predicted molar refractivity (Wildman–Crippen MR) is 139 cm³/mol. The summed E-state index contributed by atoms with van der Waals surface area (Å²) in [4.78, 5) is 33.5. The second kappa shape index (κ2) is 10.8. The number of urea groups is 1. The summed E-state index contributed by atoms with van der Waals surface area (Å²) in [5, 5.41) is 9.50. The Kier molecular flexibility index (Phi) is 7.07. The number of aryl methyl sites for hydroxylation is 1. The summed E-state index contributed by atoms with van der Waals surface area (Å²) in [7, 11) is 1.67. The summed E-state index contributed by atoms with van der Waals surface area (Å²) < 4.78 is 54.9. The zero-order chi connectivity index (χ0) is 28.7. The van der Waals surface area contributed by atoms with Gasteiger partial charge < -0.3 is 19.3 Å². The highest BCUT2D eigenvalue weighted by molar-refractivity contribution is 5.99. The van der Waals surface area contributed by atoms with Gasteiger partial charge in [0, 0.05) is 44.9 Å². The summed E-state index contributed by atoms with van der Waals surface area (Å²) in [6.45, 7) is 2.11. The SMILES string of the molecule is Cn1ncc(C(=O)N2CCOCC2)c1-c1cc(OC2CN(C(=O)N3N=CC[C@H]3c3cc(F)cc(F)c3)C2)c(F)cn1. The number of morpholine rings is 1. The van der Waals surface area contributed by atoms with Gasteiger partial charge in [0.25, 0.3) is 5.91 Å². The Morgan fingerprint density at radius 2 is 1.73 bits per heavy atom. The Hall–Kier alpha value is -4.46. The minimum Gasteiger partial charge on any atom is -0.483 e. The summed E-state index contributed by atoms with van der Waals surface area (Å²) in [5.74, 6) is -2.47. The molecule has 214 valence electrons. The number of halogens is 3. The topological polar surface area (TPSA) is 105 Å². The normalized spacial score (nSPS) is 19.0. The first-order valence-electron chi connectivity index (χ1n) is 13.1. The molecular formula is C27H26F3N7O4. The van der Waals surface area contributed by atoms with Crippen LogP contribution in [0, 0.1) is 17.5 Å². The molecule has 0 bridgehead atoms. The van der Waals surface area contributed by atoms with Gasteiger partial charge in [0.1, 0.15) is 17.7 Å². The van der Waals surface area contributed by atoms with Gasteiger partial charge in [0.2, 0.25) is 0 Å². The maximum Gasteiger partial charge on any atom is 0.341 e. The van der Waals surface area contributed by atoms with Crippen LogP contribution in [-0.4, -0.2) is 93.2 Å². The molecule has 14 heteroatoms. The van der Waals surface area contributed by atoms with Gasteiger partial charge >= 0.3 is 6.03 Å². The predicted octanol–water partition coefficient (Wildman–Crippen LogP) is 2.99. The molecule has 0 radical (unpaired) electrons. The quantitative estimate of drug-likeness (QED) is 0.468. The first-order valence-corrected chi connectivity index (χ1v) is 13.1. The molecule has 2 saturated heterocycles. The van der Waals surface area contributed by atoms with Crippen molar-refractivity contribution in [3.63, 3.8) is 0 Å². The van der Waals surface area contributed by atoms with E-state index in [1.165, 1.54) is 45.2 Å². The molecule has 0 saturated carbocycles. The third kappa shape index (κ3) is 5.22. The van der Waals surface area contributed by atoms with E-state index in [0.29, 0.717) is 55.2 Å². The van der Waals surface area contributed by atoms with Crippen molar-refractivity contribution in [1.29, 1.82) is 0 Å². The minimum absolute atomic E-state index is 0.0784. The maximum atomic E-state index is 14.7. The molecule has 5 heterocycles. The van der Waals surface area contributed by atoms with Crippen LogP contribution in [0.15, 0.2) is 41.8 Å². The van der Waals surface area contributed by atoms with E-state index in [-0.39, 0.29) is 24.7 Å². The van der Waals surface area contributed by atoms with Gasteiger partial charge in [0.15, 0.2) is 11.6 Å². The second-order valence-electron chi connectivity index (χ2n) is 9.96. The van der Waals surface area contributed by atoms with Crippen LogP contribution < -0.4 is 4.74 Å². The Morgan fingerprint density at radius 1 is 1.00 bits per heavy atom. The molecule has 41 heavy (non-hydrogen) atoms. The van der Waals surface area contributed by atoms with Gasteiger partial charge in [-0.3, -0.25) is 14.5 Å². The molecule has 2 fully saturated rings. The minimum atomic E-state index is -0.737. The number of hydrazone groups is 1. The number of carbonyl (C=O) groups is 2. The molecule has 3 aliphatic rings. The highest BCUT2D eigenvalue weighted by Gasteiger charge is 2.39. The first-order chi connectivity index (χ1) is 19.8. The lowest BCUT2D eigenvalue weighted by atomic mass is 10.0. The highest BCUT2D eigenvalue weighted by Crippen LogP contribution is 2.33. The number of amides is 3. The van der Waals surface area contributed by atoms with Crippen molar-refractivity contribution in [2.24, 2.45) is 12.1 Å². The number of hydrogen-bond acceptors (Lipinski definition) is 7. The number of benzene rings is 1. The van der Waals surface area contributed by atoms with Crippen molar-refractivity contribution < 1.29 is 32.2 Å². The van der Waals surface area contributed by atoms with Crippen LogP contribution in [0.5, 0.6) is 5.75 Å². The van der Waals surface area contributed by atoms with Gasteiger partial charge in [0.05, 0.1) is 61.7 Å². The van der Waals surface area contributed by atoms with Gasteiger partial charge in [-0.25, -0.2) is 23.0 Å². The number of pyridine rings is 1.